The van der Waals surface area contributed by atoms with Gasteiger partial charge in [0.15, 0.2) is 16.6 Å². The summed E-state index contributed by atoms with van der Waals surface area (Å²) in [5.41, 5.74) is -3.86. The molecule has 142 valence electrons. The van der Waals surface area contributed by atoms with Gasteiger partial charge in [0.1, 0.15) is 6.17 Å². The molecule has 3 nitrogen and oxygen atoms in total. The summed E-state index contributed by atoms with van der Waals surface area (Å²) in [5.74, 6) is -1.59. The van der Waals surface area contributed by atoms with E-state index < -0.39 is 34.7 Å². The summed E-state index contributed by atoms with van der Waals surface area (Å²) in [5, 5.41) is 10.7. The summed E-state index contributed by atoms with van der Waals surface area (Å²) in [7, 11) is 0. The maximum Gasteiger partial charge on any atom is 0.189 e. The van der Waals surface area contributed by atoms with Gasteiger partial charge >= 0.3 is 0 Å². The fourth-order valence-corrected chi connectivity index (χ4v) is 7.03. The fourth-order valence-electron chi connectivity index (χ4n) is 6.61. The van der Waals surface area contributed by atoms with E-state index in [1.807, 2.05) is 6.92 Å². The zero-order valence-electron chi connectivity index (χ0n) is 14.9. The molecule has 4 rings (SSSR count). The first kappa shape index (κ1) is 18.4. The second kappa shape index (κ2) is 5.51. The van der Waals surface area contributed by atoms with Crippen LogP contribution in [0.15, 0.2) is 23.8 Å². The molecule has 1 N–H and O–H groups in total. The van der Waals surface area contributed by atoms with Crippen LogP contribution in [0.1, 0.15) is 39.5 Å². The van der Waals surface area contributed by atoms with Gasteiger partial charge in [0, 0.05) is 17.3 Å². The SMILES string of the molecule is CC12C=CC(=O)C=C1[C@@H](F)CC1C3CCC(C(=O)S)[C@@]3(C)CC(O)[C@@]12F. The van der Waals surface area contributed by atoms with Crippen molar-refractivity contribution in [3.63, 3.8) is 0 Å². The Kier molecular flexibility index (Phi) is 3.89. The first-order valence-corrected chi connectivity index (χ1v) is 9.69. The number of allylic oxidation sites excluding steroid dienone is 4. The molecular weight excluding hydrogens is 358 g/mol. The maximum absolute atomic E-state index is 16.6. The summed E-state index contributed by atoms with van der Waals surface area (Å²) in [6, 6.07) is 0. The van der Waals surface area contributed by atoms with Gasteiger partial charge in [-0.1, -0.05) is 13.0 Å². The molecule has 0 radical (unpaired) electrons. The molecule has 0 aromatic heterocycles. The lowest BCUT2D eigenvalue weighted by molar-refractivity contribution is -0.201. The normalized spacial score (nSPS) is 52.8. The van der Waals surface area contributed by atoms with Crippen molar-refractivity contribution in [2.24, 2.45) is 28.6 Å². The average Bonchev–Trinajstić information content (AvgIpc) is 2.89. The first-order chi connectivity index (χ1) is 12.1. The van der Waals surface area contributed by atoms with Crippen LogP contribution in [0, 0.1) is 28.6 Å². The number of thiol groups is 1. The highest BCUT2D eigenvalue weighted by atomic mass is 32.1. The van der Waals surface area contributed by atoms with Crippen molar-refractivity contribution in [3.8, 4) is 0 Å². The minimum Gasteiger partial charge on any atom is -0.390 e. The number of alkyl halides is 2. The zero-order chi connectivity index (χ0) is 19.1. The fraction of sp³-hybridized carbons (Fsp3) is 0.700. The van der Waals surface area contributed by atoms with E-state index in [0.29, 0.717) is 12.8 Å². The van der Waals surface area contributed by atoms with E-state index in [4.69, 9.17) is 0 Å². The topological polar surface area (TPSA) is 54.4 Å². The monoisotopic (exact) mass is 382 g/mol. The molecule has 0 heterocycles. The van der Waals surface area contributed by atoms with Crippen molar-refractivity contribution in [3.05, 3.63) is 23.8 Å². The molecule has 3 fully saturated rings. The van der Waals surface area contributed by atoms with Crippen LogP contribution in [0.3, 0.4) is 0 Å². The van der Waals surface area contributed by atoms with Crippen molar-refractivity contribution in [2.75, 3.05) is 0 Å². The van der Waals surface area contributed by atoms with E-state index in [1.165, 1.54) is 18.2 Å². The molecule has 0 spiro atoms. The number of carbonyl (C=O) groups is 2. The number of rotatable bonds is 1. The molecular formula is C20H24F2O3S. The highest BCUT2D eigenvalue weighted by molar-refractivity contribution is 7.96. The van der Waals surface area contributed by atoms with Gasteiger partial charge in [0.25, 0.3) is 0 Å². The lowest BCUT2D eigenvalue weighted by Crippen LogP contribution is -2.68. The molecule has 0 aliphatic heterocycles. The van der Waals surface area contributed by atoms with Crippen LogP contribution >= 0.6 is 12.6 Å². The largest absolute Gasteiger partial charge is 0.390 e. The van der Waals surface area contributed by atoms with Gasteiger partial charge in [-0.25, -0.2) is 8.78 Å². The number of hydrogen-bond donors (Lipinski definition) is 2. The first-order valence-electron chi connectivity index (χ1n) is 9.25. The van der Waals surface area contributed by atoms with Crippen LogP contribution in [0.4, 0.5) is 8.78 Å². The Morgan fingerprint density at radius 3 is 2.65 bits per heavy atom. The Bertz CT molecular complexity index is 749. The summed E-state index contributed by atoms with van der Waals surface area (Å²) in [4.78, 5) is 23.7. The minimum atomic E-state index is -2.06. The smallest absolute Gasteiger partial charge is 0.189 e. The molecule has 0 aromatic rings. The Balaban J connectivity index is 1.84. The van der Waals surface area contributed by atoms with E-state index >= 15 is 8.78 Å². The van der Waals surface area contributed by atoms with Crippen molar-refractivity contribution < 1.29 is 23.5 Å². The number of ketones is 1. The number of aliphatic hydroxyl groups is 1. The van der Waals surface area contributed by atoms with Crippen molar-refractivity contribution >= 4 is 23.5 Å². The van der Waals surface area contributed by atoms with E-state index in [9.17, 15) is 14.7 Å². The third-order valence-corrected chi connectivity index (χ3v) is 8.24. The summed E-state index contributed by atoms with van der Waals surface area (Å²) >= 11 is 4.01. The third-order valence-electron chi connectivity index (χ3n) is 7.92. The second-order valence-corrected chi connectivity index (χ2v) is 9.36. The highest BCUT2D eigenvalue weighted by Crippen LogP contribution is 2.69. The molecule has 0 saturated heterocycles. The quantitative estimate of drug-likeness (QED) is 0.684. The Morgan fingerprint density at radius 2 is 2.00 bits per heavy atom. The van der Waals surface area contributed by atoms with Crippen LogP contribution in [0.2, 0.25) is 0 Å². The van der Waals surface area contributed by atoms with E-state index in [2.05, 4.69) is 12.6 Å². The van der Waals surface area contributed by atoms with Crippen LogP contribution in [-0.2, 0) is 9.59 Å². The van der Waals surface area contributed by atoms with Crippen LogP contribution in [-0.4, -0.2) is 33.9 Å². The Labute approximate surface area is 157 Å². The summed E-state index contributed by atoms with van der Waals surface area (Å²) < 4.78 is 31.7. The molecule has 0 amide bonds. The molecule has 8 atom stereocenters. The number of halogens is 2. The van der Waals surface area contributed by atoms with E-state index in [0.717, 1.165) is 0 Å². The summed E-state index contributed by atoms with van der Waals surface area (Å²) in [6.45, 7) is 3.50. The number of hydrogen-bond acceptors (Lipinski definition) is 3. The zero-order valence-corrected chi connectivity index (χ0v) is 15.8. The van der Waals surface area contributed by atoms with Crippen LogP contribution < -0.4 is 0 Å². The third kappa shape index (κ3) is 2.03. The van der Waals surface area contributed by atoms with Crippen molar-refractivity contribution in [1.82, 2.24) is 0 Å². The molecule has 0 aromatic carbocycles. The molecule has 4 aliphatic carbocycles. The Hall–Kier alpha value is -1.01. The molecule has 3 saturated carbocycles. The summed E-state index contributed by atoms with van der Waals surface area (Å²) in [6.07, 6.45) is 2.43. The number of carbonyl (C=O) groups excluding carboxylic acids is 2. The van der Waals surface area contributed by atoms with Gasteiger partial charge in [0.2, 0.25) is 0 Å². The van der Waals surface area contributed by atoms with Crippen molar-refractivity contribution in [1.29, 1.82) is 0 Å². The standard InChI is InChI=1S/C20H24F2O3S/c1-18-9-16(24)20(22)13(11(18)3-4-12(18)17(25)26)8-15(21)14-7-10(23)5-6-19(14,20)2/h5-7,11-13,15-16,24H,3-4,8-9H2,1-2H3,(H,25,26)/t11?,12?,13?,15-,16?,18-,19?,20-/m0/s1. The van der Waals surface area contributed by atoms with Gasteiger partial charge in [-0.3, -0.25) is 9.59 Å². The maximum atomic E-state index is 16.6. The van der Waals surface area contributed by atoms with Crippen molar-refractivity contribution in [2.45, 2.75) is 57.5 Å². The predicted molar refractivity (Wildman–Crippen MR) is 96.1 cm³/mol. The molecule has 0 bridgehead atoms. The highest BCUT2D eigenvalue weighted by Gasteiger charge is 2.72. The van der Waals surface area contributed by atoms with Gasteiger partial charge in [-0.15, -0.1) is 12.6 Å². The predicted octanol–water partition coefficient (Wildman–Crippen LogP) is 3.38. The average molecular weight is 382 g/mol. The van der Waals surface area contributed by atoms with Gasteiger partial charge in [-0.2, -0.15) is 0 Å². The molecule has 6 heteroatoms. The lowest BCUT2D eigenvalue weighted by Gasteiger charge is -2.62. The van der Waals surface area contributed by atoms with E-state index in [1.54, 1.807) is 6.92 Å². The lowest BCUT2D eigenvalue weighted by atomic mass is 9.45. The van der Waals surface area contributed by atoms with Gasteiger partial charge in [-0.05, 0) is 61.7 Å². The van der Waals surface area contributed by atoms with E-state index in [-0.39, 0.29) is 41.1 Å². The number of aliphatic hydroxyl groups excluding tert-OH is 1. The van der Waals surface area contributed by atoms with Gasteiger partial charge in [0.05, 0.1) is 6.10 Å². The van der Waals surface area contributed by atoms with Crippen LogP contribution in [0.5, 0.6) is 0 Å². The van der Waals surface area contributed by atoms with Crippen LogP contribution in [0.25, 0.3) is 0 Å². The molecule has 4 aliphatic rings. The van der Waals surface area contributed by atoms with Gasteiger partial charge < -0.3 is 5.11 Å². The Morgan fingerprint density at radius 1 is 1.31 bits per heavy atom. The second-order valence-electron chi connectivity index (χ2n) is 8.92. The number of fused-ring (bicyclic) bond motifs is 5. The molecule has 5 unspecified atom stereocenters. The minimum absolute atomic E-state index is 0.0656. The molecule has 26 heavy (non-hydrogen) atoms.